The highest BCUT2D eigenvalue weighted by Gasteiger charge is 2.33. The van der Waals surface area contributed by atoms with Crippen molar-refractivity contribution in [1.29, 1.82) is 0 Å². The first kappa shape index (κ1) is 11.6. The Morgan fingerprint density at radius 1 is 1.06 bits per heavy atom. The van der Waals surface area contributed by atoms with Gasteiger partial charge in [0.15, 0.2) is 0 Å². The summed E-state index contributed by atoms with van der Waals surface area (Å²) in [5, 5.41) is 0. The molecule has 0 spiro atoms. The first-order valence-corrected chi connectivity index (χ1v) is 6.14. The number of hydrogen-bond acceptors (Lipinski definition) is 4. The fourth-order valence-corrected chi connectivity index (χ4v) is 2.83. The van der Waals surface area contributed by atoms with Crippen LogP contribution >= 0.6 is 0 Å². The highest BCUT2D eigenvalue weighted by molar-refractivity contribution is 5.90. The van der Waals surface area contributed by atoms with Crippen LogP contribution in [0.5, 0.6) is 0 Å². The lowest BCUT2D eigenvalue weighted by molar-refractivity contribution is -0.168. The molecule has 0 aromatic heterocycles. The molecule has 0 aromatic rings. The molecule has 90 valence electrons. The van der Waals surface area contributed by atoms with Gasteiger partial charge < -0.3 is 4.74 Å². The van der Waals surface area contributed by atoms with Crippen molar-refractivity contribution in [2.24, 2.45) is 5.92 Å². The van der Waals surface area contributed by atoms with Crippen LogP contribution in [0.4, 0.5) is 0 Å². The lowest BCUT2D eigenvalue weighted by Crippen LogP contribution is -2.50. The Morgan fingerprint density at radius 3 is 2.38 bits per heavy atom. The molecule has 0 aromatic carbocycles. The van der Waals surface area contributed by atoms with Gasteiger partial charge >= 0.3 is 11.9 Å². The van der Waals surface area contributed by atoms with E-state index in [-0.39, 0.29) is 13.1 Å². The van der Waals surface area contributed by atoms with Crippen LogP contribution < -0.4 is 0 Å². The van der Waals surface area contributed by atoms with Gasteiger partial charge in [0.05, 0.1) is 13.1 Å². The molecule has 0 N–H and O–H groups in total. The summed E-state index contributed by atoms with van der Waals surface area (Å²) in [5.41, 5.74) is 0. The molecule has 4 nitrogen and oxygen atoms in total. The minimum Gasteiger partial charge on any atom is -0.391 e. The Bertz CT molecular complexity index is 274. The van der Waals surface area contributed by atoms with Crippen molar-refractivity contribution in [1.82, 2.24) is 4.90 Å². The van der Waals surface area contributed by atoms with E-state index in [2.05, 4.69) is 11.7 Å². The third-order valence-corrected chi connectivity index (χ3v) is 3.68. The molecule has 0 amide bonds. The SMILES string of the molecule is CC1CCCCCC1N1CC(=O)OC(=O)C1. The predicted molar refractivity (Wildman–Crippen MR) is 58.7 cm³/mol. The smallest absolute Gasteiger partial charge is 0.327 e. The molecule has 1 heterocycles. The zero-order valence-electron chi connectivity index (χ0n) is 9.78. The van der Waals surface area contributed by atoms with Crippen molar-refractivity contribution < 1.29 is 14.3 Å². The molecule has 2 fully saturated rings. The zero-order valence-corrected chi connectivity index (χ0v) is 9.78. The largest absolute Gasteiger partial charge is 0.391 e. The van der Waals surface area contributed by atoms with E-state index in [0.29, 0.717) is 12.0 Å². The van der Waals surface area contributed by atoms with Crippen molar-refractivity contribution in [3.63, 3.8) is 0 Å². The van der Waals surface area contributed by atoms with Crippen LogP contribution in [0, 0.1) is 5.92 Å². The van der Waals surface area contributed by atoms with E-state index >= 15 is 0 Å². The number of morpholine rings is 1. The standard InChI is InChI=1S/C12H19NO3/c1-9-5-3-2-4-6-10(9)13-7-11(14)16-12(15)8-13/h9-10H,2-8H2,1H3. The summed E-state index contributed by atoms with van der Waals surface area (Å²) in [6.07, 6.45) is 6.04. The van der Waals surface area contributed by atoms with E-state index in [9.17, 15) is 9.59 Å². The van der Waals surface area contributed by atoms with Crippen LogP contribution in [0.1, 0.15) is 39.0 Å². The molecule has 2 rings (SSSR count). The van der Waals surface area contributed by atoms with Crippen LogP contribution in [-0.2, 0) is 14.3 Å². The molecule has 0 bridgehead atoms. The number of esters is 2. The molecule has 16 heavy (non-hydrogen) atoms. The van der Waals surface area contributed by atoms with Crippen molar-refractivity contribution in [3.05, 3.63) is 0 Å². The molecule has 4 heteroatoms. The molecule has 0 radical (unpaired) electrons. The minimum atomic E-state index is -0.396. The Kier molecular flexibility index (Phi) is 3.59. The molecule has 2 unspecified atom stereocenters. The van der Waals surface area contributed by atoms with Gasteiger partial charge in [-0.15, -0.1) is 0 Å². The van der Waals surface area contributed by atoms with E-state index in [0.717, 1.165) is 6.42 Å². The Morgan fingerprint density at radius 2 is 1.69 bits per heavy atom. The highest BCUT2D eigenvalue weighted by Crippen LogP contribution is 2.27. The van der Waals surface area contributed by atoms with Gasteiger partial charge in [-0.3, -0.25) is 14.5 Å². The predicted octanol–water partition coefficient (Wildman–Crippen LogP) is 1.34. The summed E-state index contributed by atoms with van der Waals surface area (Å²) in [4.78, 5) is 24.5. The van der Waals surface area contributed by atoms with E-state index < -0.39 is 11.9 Å². The van der Waals surface area contributed by atoms with Gasteiger partial charge in [-0.1, -0.05) is 26.2 Å². The molecular weight excluding hydrogens is 206 g/mol. The Balaban J connectivity index is 2.03. The fourth-order valence-electron chi connectivity index (χ4n) is 2.83. The fraction of sp³-hybridized carbons (Fsp3) is 0.833. The second kappa shape index (κ2) is 4.95. The second-order valence-corrected chi connectivity index (χ2v) is 4.93. The van der Waals surface area contributed by atoms with Crippen molar-refractivity contribution in [2.45, 2.75) is 45.1 Å². The summed E-state index contributed by atoms with van der Waals surface area (Å²) in [6, 6.07) is 0.374. The maximum absolute atomic E-state index is 11.2. The number of hydrogen-bond donors (Lipinski definition) is 0. The lowest BCUT2D eigenvalue weighted by atomic mass is 9.95. The van der Waals surface area contributed by atoms with Gasteiger partial charge in [-0.25, -0.2) is 0 Å². The lowest BCUT2D eigenvalue weighted by Gasteiger charge is -2.35. The number of carbonyl (C=O) groups is 2. The average Bonchev–Trinajstić information content (AvgIpc) is 2.41. The molecule has 1 saturated carbocycles. The maximum atomic E-state index is 11.2. The van der Waals surface area contributed by atoms with Crippen LogP contribution in [-0.4, -0.2) is 36.0 Å². The van der Waals surface area contributed by atoms with Gasteiger partial charge in [0.2, 0.25) is 0 Å². The summed E-state index contributed by atoms with van der Waals surface area (Å²) < 4.78 is 4.55. The van der Waals surface area contributed by atoms with Crippen LogP contribution in [0.15, 0.2) is 0 Å². The molecular formula is C12H19NO3. The van der Waals surface area contributed by atoms with Crippen LogP contribution in [0.3, 0.4) is 0 Å². The molecule has 1 aliphatic heterocycles. The Labute approximate surface area is 95.9 Å². The van der Waals surface area contributed by atoms with Crippen LogP contribution in [0.2, 0.25) is 0 Å². The number of ether oxygens (including phenoxy) is 1. The molecule has 2 aliphatic rings. The number of rotatable bonds is 1. The average molecular weight is 225 g/mol. The van der Waals surface area contributed by atoms with Gasteiger partial charge in [0, 0.05) is 6.04 Å². The first-order valence-electron chi connectivity index (χ1n) is 6.14. The molecule has 2 atom stereocenters. The minimum absolute atomic E-state index is 0.279. The van der Waals surface area contributed by atoms with Gasteiger partial charge in [0.1, 0.15) is 0 Å². The van der Waals surface area contributed by atoms with Crippen LogP contribution in [0.25, 0.3) is 0 Å². The van der Waals surface area contributed by atoms with Crippen molar-refractivity contribution in [2.75, 3.05) is 13.1 Å². The maximum Gasteiger partial charge on any atom is 0.327 e. The second-order valence-electron chi connectivity index (χ2n) is 4.93. The number of nitrogens with zero attached hydrogens (tertiary/aromatic N) is 1. The normalized spacial score (nSPS) is 33.3. The summed E-state index contributed by atoms with van der Waals surface area (Å²) in [5.74, 6) is -0.221. The molecule has 1 saturated heterocycles. The summed E-state index contributed by atoms with van der Waals surface area (Å²) in [7, 11) is 0. The monoisotopic (exact) mass is 225 g/mol. The van der Waals surface area contributed by atoms with Crippen molar-refractivity contribution in [3.8, 4) is 0 Å². The summed E-state index contributed by atoms with van der Waals surface area (Å²) in [6.45, 7) is 2.78. The third-order valence-electron chi connectivity index (χ3n) is 3.68. The Hall–Kier alpha value is -0.900. The third kappa shape index (κ3) is 2.61. The van der Waals surface area contributed by atoms with Crippen molar-refractivity contribution >= 4 is 11.9 Å². The topological polar surface area (TPSA) is 46.6 Å². The van der Waals surface area contributed by atoms with Gasteiger partial charge in [0.25, 0.3) is 0 Å². The summed E-state index contributed by atoms with van der Waals surface area (Å²) >= 11 is 0. The molecule has 1 aliphatic carbocycles. The highest BCUT2D eigenvalue weighted by atomic mass is 16.6. The van der Waals surface area contributed by atoms with E-state index in [1.165, 1.54) is 25.7 Å². The van der Waals surface area contributed by atoms with Gasteiger partial charge in [-0.2, -0.15) is 0 Å². The first-order chi connectivity index (χ1) is 7.66. The van der Waals surface area contributed by atoms with Gasteiger partial charge in [-0.05, 0) is 18.8 Å². The number of carbonyl (C=O) groups excluding carboxylic acids is 2. The number of cyclic esters (lactones) is 2. The van der Waals surface area contributed by atoms with E-state index in [4.69, 9.17) is 0 Å². The quantitative estimate of drug-likeness (QED) is 0.384. The van der Waals surface area contributed by atoms with E-state index in [1.807, 2.05) is 4.90 Å². The zero-order chi connectivity index (χ0) is 11.5. The van der Waals surface area contributed by atoms with E-state index in [1.54, 1.807) is 0 Å².